The molecule has 6 nitrogen and oxygen atoms in total. The zero-order valence-corrected chi connectivity index (χ0v) is 20.4. The van der Waals surface area contributed by atoms with E-state index in [1.54, 1.807) is 24.6 Å². The van der Waals surface area contributed by atoms with E-state index in [1.165, 1.54) is 0 Å². The second kappa shape index (κ2) is 9.79. The van der Waals surface area contributed by atoms with Crippen molar-refractivity contribution in [3.63, 3.8) is 0 Å². The maximum Gasteiger partial charge on any atom is 0.292 e. The number of fused-ring (bicyclic) bond motifs is 3. The van der Waals surface area contributed by atoms with Crippen molar-refractivity contribution in [1.82, 2.24) is 0 Å². The van der Waals surface area contributed by atoms with Crippen LogP contribution in [-0.2, 0) is 0 Å². The topological polar surface area (TPSA) is 99.1 Å². The maximum absolute atomic E-state index is 9.46. The molecule has 6 heteroatoms. The van der Waals surface area contributed by atoms with Crippen molar-refractivity contribution in [3.05, 3.63) is 103 Å². The fourth-order valence-corrected chi connectivity index (χ4v) is 5.19. The van der Waals surface area contributed by atoms with Gasteiger partial charge in [0.1, 0.15) is 11.5 Å². The van der Waals surface area contributed by atoms with Gasteiger partial charge < -0.3 is 14.2 Å². The van der Waals surface area contributed by atoms with Gasteiger partial charge in [0.2, 0.25) is 0 Å². The van der Waals surface area contributed by atoms with Gasteiger partial charge in [-0.15, -0.1) is 15.8 Å². The highest BCUT2D eigenvalue weighted by Gasteiger charge is 2.18. The molecule has 6 rings (SSSR count). The number of hydrogen-bond donors (Lipinski definition) is 0. The largest absolute Gasteiger partial charge is 0.388 e. The summed E-state index contributed by atoms with van der Waals surface area (Å²) in [6.07, 6.45) is 5.32. The van der Waals surface area contributed by atoms with Crippen molar-refractivity contribution in [2.24, 2.45) is 0 Å². The van der Waals surface area contributed by atoms with Crippen LogP contribution in [0.5, 0.6) is 17.2 Å². The van der Waals surface area contributed by atoms with E-state index < -0.39 is 0 Å². The molecule has 0 aliphatic rings. The Morgan fingerprint density at radius 1 is 0.436 bits per heavy atom. The number of benzene rings is 6. The van der Waals surface area contributed by atoms with Crippen LogP contribution in [0.3, 0.4) is 0 Å². The molecule has 6 aromatic carbocycles. The highest BCUT2D eigenvalue weighted by atomic mass is 16.5. The Labute approximate surface area is 223 Å². The van der Waals surface area contributed by atoms with Crippen LogP contribution in [0.25, 0.3) is 54.6 Å². The van der Waals surface area contributed by atoms with Crippen LogP contribution >= 0.6 is 0 Å². The summed E-state index contributed by atoms with van der Waals surface area (Å²) in [5.41, 5.74) is 3.53. The predicted octanol–water partition coefficient (Wildman–Crippen LogP) is 8.06. The fraction of sp³-hybridized carbons (Fsp3) is 0. The average Bonchev–Trinajstić information content (AvgIpc) is 2.97. The van der Waals surface area contributed by atoms with E-state index in [1.807, 2.05) is 97.3 Å². The van der Waals surface area contributed by atoms with Crippen LogP contribution in [0.4, 0.5) is 0 Å². The Bertz CT molecular complexity index is 2050. The minimum Gasteiger partial charge on any atom is -0.388 e. The van der Waals surface area contributed by atoms with Crippen molar-refractivity contribution in [1.29, 1.82) is 15.8 Å². The summed E-state index contributed by atoms with van der Waals surface area (Å²) in [5, 5.41) is 33.1. The van der Waals surface area contributed by atoms with E-state index in [0.717, 1.165) is 54.6 Å². The molecule has 0 aliphatic heterocycles. The summed E-state index contributed by atoms with van der Waals surface area (Å²) in [7, 11) is 0. The summed E-state index contributed by atoms with van der Waals surface area (Å²) >= 11 is 0. The maximum atomic E-state index is 9.46. The average molecular weight is 504 g/mol. The van der Waals surface area contributed by atoms with Gasteiger partial charge in [0.15, 0.2) is 5.75 Å². The van der Waals surface area contributed by atoms with E-state index in [4.69, 9.17) is 19.5 Å². The molecule has 0 amide bonds. The lowest BCUT2D eigenvalue weighted by molar-refractivity contribution is 0.508. The first-order valence-corrected chi connectivity index (χ1v) is 12.0. The first kappa shape index (κ1) is 23.4. The minimum atomic E-state index is 0.419. The Balaban J connectivity index is 1.70. The van der Waals surface area contributed by atoms with Gasteiger partial charge in [-0.2, -0.15) is 0 Å². The normalized spacial score (nSPS) is 10.5. The molecule has 0 saturated carbocycles. The molecular formula is C33H17N3O3. The van der Waals surface area contributed by atoms with Crippen molar-refractivity contribution in [2.45, 2.75) is 0 Å². The van der Waals surface area contributed by atoms with Gasteiger partial charge in [0.05, 0.1) is 0 Å². The zero-order valence-electron chi connectivity index (χ0n) is 20.4. The Hall–Kier alpha value is -6.03. The third-order valence-corrected chi connectivity index (χ3v) is 6.75. The number of nitrogens with zero attached hydrogens (tertiary/aromatic N) is 3. The second-order valence-electron chi connectivity index (χ2n) is 8.80. The van der Waals surface area contributed by atoms with Crippen molar-refractivity contribution >= 4 is 32.3 Å². The van der Waals surface area contributed by atoms with E-state index >= 15 is 0 Å². The summed E-state index contributed by atoms with van der Waals surface area (Å²) in [5.74, 6) is 1.29. The highest BCUT2D eigenvalue weighted by molar-refractivity contribution is 6.14. The quantitative estimate of drug-likeness (QED) is 0.221. The van der Waals surface area contributed by atoms with Gasteiger partial charge in [0.25, 0.3) is 18.8 Å². The van der Waals surface area contributed by atoms with E-state index in [-0.39, 0.29) is 0 Å². The first-order chi connectivity index (χ1) is 19.2. The Kier molecular flexibility index (Phi) is 5.87. The molecular weight excluding hydrogens is 486 g/mol. The number of nitriles is 3. The number of rotatable bonds is 5. The second-order valence-corrected chi connectivity index (χ2v) is 8.80. The highest BCUT2D eigenvalue weighted by Crippen LogP contribution is 2.44. The summed E-state index contributed by atoms with van der Waals surface area (Å²) < 4.78 is 15.8. The SMILES string of the molecule is N#COc1cc(-c2ccc(-c3cccc4ccc(OC#N)cc34)c3c(OC#N)cccc23)c2ccccc2c1. The smallest absolute Gasteiger partial charge is 0.292 e. The monoisotopic (exact) mass is 503 g/mol. The molecule has 0 fully saturated rings. The van der Waals surface area contributed by atoms with E-state index in [0.29, 0.717) is 17.2 Å². The van der Waals surface area contributed by atoms with Gasteiger partial charge >= 0.3 is 0 Å². The van der Waals surface area contributed by atoms with Crippen molar-refractivity contribution in [2.75, 3.05) is 0 Å². The molecule has 0 spiro atoms. The molecule has 0 heterocycles. The molecule has 0 radical (unpaired) electrons. The van der Waals surface area contributed by atoms with Crippen LogP contribution in [-0.4, -0.2) is 0 Å². The lowest BCUT2D eigenvalue weighted by atomic mass is 9.88. The third-order valence-electron chi connectivity index (χ3n) is 6.75. The molecule has 182 valence electrons. The summed E-state index contributed by atoms with van der Waals surface area (Å²) in [4.78, 5) is 0. The number of hydrogen-bond acceptors (Lipinski definition) is 6. The van der Waals surface area contributed by atoms with Gasteiger partial charge in [0, 0.05) is 5.39 Å². The van der Waals surface area contributed by atoms with Gasteiger partial charge in [-0.25, -0.2) is 0 Å². The molecule has 0 atom stereocenters. The number of ether oxygens (including phenoxy) is 3. The van der Waals surface area contributed by atoms with Crippen LogP contribution < -0.4 is 14.2 Å². The molecule has 0 saturated heterocycles. The lowest BCUT2D eigenvalue weighted by Crippen LogP contribution is -1.93. The molecule has 6 aromatic rings. The lowest BCUT2D eigenvalue weighted by Gasteiger charge is -2.17. The van der Waals surface area contributed by atoms with Crippen LogP contribution in [0, 0.1) is 34.6 Å². The van der Waals surface area contributed by atoms with Gasteiger partial charge in [-0.05, 0) is 79.5 Å². The molecule has 39 heavy (non-hydrogen) atoms. The molecule has 0 aliphatic carbocycles. The molecule has 0 bridgehead atoms. The molecule has 0 unspecified atom stereocenters. The molecule has 0 aromatic heterocycles. The standard InChI is InChI=1S/C33H17N3O3/c34-18-37-23-12-11-21-6-3-8-26(30(21)16-23)29-14-13-27(28-9-4-10-32(33(28)29)39-20-36)31-17-24(38-19-35)15-22-5-1-2-7-25(22)31/h1-17H. The van der Waals surface area contributed by atoms with Crippen LogP contribution in [0.15, 0.2) is 103 Å². The van der Waals surface area contributed by atoms with Gasteiger partial charge in [-0.1, -0.05) is 72.8 Å². The van der Waals surface area contributed by atoms with E-state index in [9.17, 15) is 10.5 Å². The van der Waals surface area contributed by atoms with Gasteiger partial charge in [-0.3, -0.25) is 0 Å². The summed E-state index contributed by atoms with van der Waals surface area (Å²) in [6.45, 7) is 0. The third kappa shape index (κ3) is 4.07. The first-order valence-electron chi connectivity index (χ1n) is 12.0. The summed E-state index contributed by atoms with van der Waals surface area (Å²) in [6, 6.07) is 32.7. The minimum absolute atomic E-state index is 0.419. The van der Waals surface area contributed by atoms with Crippen molar-refractivity contribution < 1.29 is 14.2 Å². The van der Waals surface area contributed by atoms with Crippen molar-refractivity contribution in [3.8, 4) is 58.3 Å². The Morgan fingerprint density at radius 2 is 1.13 bits per heavy atom. The zero-order chi connectivity index (χ0) is 26.8. The van der Waals surface area contributed by atoms with E-state index in [2.05, 4.69) is 0 Å². The van der Waals surface area contributed by atoms with Crippen LogP contribution in [0.2, 0.25) is 0 Å². The molecule has 0 N–H and O–H groups in total. The van der Waals surface area contributed by atoms with Crippen LogP contribution in [0.1, 0.15) is 0 Å². The fourth-order valence-electron chi connectivity index (χ4n) is 5.19. The Morgan fingerprint density at radius 3 is 1.97 bits per heavy atom. The predicted molar refractivity (Wildman–Crippen MR) is 149 cm³/mol.